The molecule has 116 valence electrons. The number of hydrogen-bond donors (Lipinski definition) is 3. The number of aliphatic hydroxyl groups excluding tert-OH is 1. The minimum atomic E-state index is -0.533. The van der Waals surface area contributed by atoms with Gasteiger partial charge in [0.1, 0.15) is 11.9 Å². The number of nitrogens with one attached hydrogen (secondary N) is 2. The van der Waals surface area contributed by atoms with Crippen molar-refractivity contribution in [2.75, 3.05) is 13.2 Å². The molecule has 0 bridgehead atoms. The molecule has 1 aromatic carbocycles. The molecule has 0 amide bonds. The number of aromatic amines is 1. The number of imidazole rings is 1. The largest absolute Gasteiger partial charge is 0.395 e. The van der Waals surface area contributed by atoms with Crippen LogP contribution in [0.2, 0.25) is 0 Å². The Morgan fingerprint density at radius 3 is 2.62 bits per heavy atom. The zero-order chi connectivity index (χ0) is 14.8. The molecule has 21 heavy (non-hydrogen) atoms. The third-order valence-corrected chi connectivity index (χ3v) is 3.14. The van der Waals surface area contributed by atoms with Gasteiger partial charge in [0.2, 0.25) is 0 Å². The fraction of sp³-hybridized carbons (Fsp3) is 0.467. The van der Waals surface area contributed by atoms with Gasteiger partial charge in [-0.05, 0) is 12.1 Å². The Hall–Kier alpha value is -1.24. The summed E-state index contributed by atoms with van der Waals surface area (Å²) in [4.78, 5) is 20.2. The van der Waals surface area contributed by atoms with E-state index in [0.717, 1.165) is 11.0 Å². The van der Waals surface area contributed by atoms with Gasteiger partial charge in [-0.1, -0.05) is 32.9 Å². The first kappa shape index (κ1) is 17.8. The van der Waals surface area contributed by atoms with Gasteiger partial charge in [0.25, 0.3) is 0 Å². The molecule has 1 heterocycles. The maximum atomic E-state index is 12.5. The van der Waals surface area contributed by atoms with Gasteiger partial charge in [-0.25, -0.2) is 4.98 Å². The lowest BCUT2D eigenvalue weighted by molar-refractivity contribution is -0.128. The second-order valence-corrected chi connectivity index (χ2v) is 5.86. The molecule has 0 fully saturated rings. The Kier molecular flexibility index (Phi) is 6.07. The Morgan fingerprint density at radius 1 is 1.38 bits per heavy atom. The molecule has 0 aliphatic rings. The third-order valence-electron chi connectivity index (χ3n) is 3.14. The van der Waals surface area contributed by atoms with Crippen LogP contribution in [0.25, 0.3) is 11.0 Å². The van der Waals surface area contributed by atoms with Crippen molar-refractivity contribution in [3.05, 3.63) is 30.1 Å². The van der Waals surface area contributed by atoms with Gasteiger partial charge in [0.15, 0.2) is 5.78 Å². The lowest BCUT2D eigenvalue weighted by Crippen LogP contribution is -2.38. The molecule has 6 heteroatoms. The monoisotopic (exact) mass is 355 g/mol. The summed E-state index contributed by atoms with van der Waals surface area (Å²) in [6.45, 7) is 5.97. The van der Waals surface area contributed by atoms with Gasteiger partial charge in [0.05, 0.1) is 17.6 Å². The molecule has 0 aliphatic heterocycles. The molecule has 0 aliphatic carbocycles. The summed E-state index contributed by atoms with van der Waals surface area (Å²) >= 11 is 0. The number of para-hydroxylation sites is 2. The summed E-state index contributed by atoms with van der Waals surface area (Å²) in [6, 6.07) is 7.13. The van der Waals surface area contributed by atoms with Crippen LogP contribution in [0.15, 0.2) is 24.3 Å². The highest BCUT2D eigenvalue weighted by molar-refractivity contribution is 8.93. The van der Waals surface area contributed by atoms with Crippen LogP contribution in [0.4, 0.5) is 0 Å². The van der Waals surface area contributed by atoms with E-state index >= 15 is 0 Å². The maximum Gasteiger partial charge on any atom is 0.162 e. The second-order valence-electron chi connectivity index (χ2n) is 5.86. The molecule has 1 aromatic heterocycles. The molecule has 0 radical (unpaired) electrons. The van der Waals surface area contributed by atoms with Crippen molar-refractivity contribution in [3.63, 3.8) is 0 Å². The van der Waals surface area contributed by atoms with E-state index in [-0.39, 0.29) is 29.4 Å². The number of ketones is 1. The van der Waals surface area contributed by atoms with Gasteiger partial charge in [0, 0.05) is 12.0 Å². The number of halogens is 1. The third kappa shape index (κ3) is 4.12. The van der Waals surface area contributed by atoms with Crippen LogP contribution >= 0.6 is 17.0 Å². The van der Waals surface area contributed by atoms with Crippen molar-refractivity contribution in [2.45, 2.75) is 26.8 Å². The SMILES string of the molecule is Br.CC(C)(C)C(=O)C(NCCO)c1nc2ccccc2[nH]1. The molecule has 2 rings (SSSR count). The average Bonchev–Trinajstić information content (AvgIpc) is 2.81. The summed E-state index contributed by atoms with van der Waals surface area (Å²) in [5.41, 5.74) is 1.26. The van der Waals surface area contributed by atoms with Crippen molar-refractivity contribution < 1.29 is 9.90 Å². The van der Waals surface area contributed by atoms with Gasteiger partial charge in [-0.15, -0.1) is 17.0 Å². The van der Waals surface area contributed by atoms with E-state index in [4.69, 9.17) is 5.11 Å². The van der Waals surface area contributed by atoms with E-state index in [1.165, 1.54) is 0 Å². The molecule has 5 nitrogen and oxygen atoms in total. The molecule has 2 aromatic rings. The molecule has 0 saturated heterocycles. The van der Waals surface area contributed by atoms with Crippen molar-refractivity contribution in [3.8, 4) is 0 Å². The fourth-order valence-corrected chi connectivity index (χ4v) is 2.06. The molecular weight excluding hydrogens is 334 g/mol. The first-order chi connectivity index (χ1) is 9.43. The first-order valence-corrected chi connectivity index (χ1v) is 6.76. The van der Waals surface area contributed by atoms with Crippen LogP contribution in [0.5, 0.6) is 0 Å². The zero-order valence-corrected chi connectivity index (χ0v) is 14.2. The second kappa shape index (κ2) is 7.15. The lowest BCUT2D eigenvalue weighted by atomic mass is 9.86. The van der Waals surface area contributed by atoms with Crippen molar-refractivity contribution in [1.29, 1.82) is 0 Å². The lowest BCUT2D eigenvalue weighted by Gasteiger charge is -2.24. The quantitative estimate of drug-likeness (QED) is 0.769. The summed E-state index contributed by atoms with van der Waals surface area (Å²) in [5.74, 6) is 0.643. The maximum absolute atomic E-state index is 12.5. The van der Waals surface area contributed by atoms with E-state index < -0.39 is 11.5 Å². The first-order valence-electron chi connectivity index (χ1n) is 6.76. The number of aliphatic hydroxyl groups is 1. The normalized spacial score (nSPS) is 13.0. The molecule has 1 atom stereocenters. The Labute approximate surface area is 134 Å². The van der Waals surface area contributed by atoms with E-state index in [1.807, 2.05) is 45.0 Å². The highest BCUT2D eigenvalue weighted by Gasteiger charge is 2.32. The Morgan fingerprint density at radius 2 is 2.05 bits per heavy atom. The molecule has 1 unspecified atom stereocenters. The zero-order valence-electron chi connectivity index (χ0n) is 12.5. The number of H-pyrrole nitrogens is 1. The van der Waals surface area contributed by atoms with Crippen LogP contribution in [0.3, 0.4) is 0 Å². The minimum Gasteiger partial charge on any atom is -0.395 e. The highest BCUT2D eigenvalue weighted by atomic mass is 79.9. The summed E-state index contributed by atoms with van der Waals surface area (Å²) in [6.07, 6.45) is 0. The van der Waals surface area contributed by atoms with Crippen LogP contribution in [-0.2, 0) is 4.79 Å². The minimum absolute atomic E-state index is 0. The van der Waals surface area contributed by atoms with E-state index in [2.05, 4.69) is 15.3 Å². The summed E-state index contributed by atoms with van der Waals surface area (Å²) in [5, 5.41) is 12.0. The molecule has 0 saturated carbocycles. The number of rotatable bonds is 5. The van der Waals surface area contributed by atoms with Crippen molar-refractivity contribution in [1.82, 2.24) is 15.3 Å². The predicted octanol–water partition coefficient (Wildman–Crippen LogP) is 2.38. The molecule has 3 N–H and O–H groups in total. The van der Waals surface area contributed by atoms with Crippen LogP contribution in [-0.4, -0.2) is 34.0 Å². The number of carbonyl (C=O) groups excluding carboxylic acids is 1. The number of carbonyl (C=O) groups is 1. The van der Waals surface area contributed by atoms with Crippen LogP contribution < -0.4 is 5.32 Å². The highest BCUT2D eigenvalue weighted by Crippen LogP contribution is 2.25. The van der Waals surface area contributed by atoms with Gasteiger partial charge in [-0.3, -0.25) is 10.1 Å². The number of fused-ring (bicyclic) bond motifs is 1. The van der Waals surface area contributed by atoms with Crippen molar-refractivity contribution >= 4 is 33.8 Å². The van der Waals surface area contributed by atoms with E-state index in [1.54, 1.807) is 0 Å². The van der Waals surface area contributed by atoms with Gasteiger partial charge >= 0.3 is 0 Å². The number of aromatic nitrogens is 2. The standard InChI is InChI=1S/C15H21N3O2.BrH/c1-15(2,3)13(20)12(16-8-9-19)14-17-10-6-4-5-7-11(10)18-14;/h4-7,12,16,19H,8-9H2,1-3H3,(H,17,18);1H. The van der Waals surface area contributed by atoms with Gasteiger partial charge in [-0.2, -0.15) is 0 Å². The Balaban J connectivity index is 0.00000220. The average molecular weight is 356 g/mol. The number of benzene rings is 1. The number of Topliss-reactive ketones (excluding diaryl/α,β-unsaturated/α-hetero) is 1. The Bertz CT molecular complexity index is 571. The van der Waals surface area contributed by atoms with Crippen LogP contribution in [0.1, 0.15) is 32.6 Å². The molecule has 0 spiro atoms. The van der Waals surface area contributed by atoms with Gasteiger partial charge < -0.3 is 10.1 Å². The van der Waals surface area contributed by atoms with E-state index in [9.17, 15) is 4.79 Å². The molecular formula is C15H22BrN3O2. The fourth-order valence-electron chi connectivity index (χ4n) is 2.06. The number of hydrogen-bond acceptors (Lipinski definition) is 4. The van der Waals surface area contributed by atoms with E-state index in [0.29, 0.717) is 12.4 Å². The summed E-state index contributed by atoms with van der Waals surface area (Å²) in [7, 11) is 0. The van der Waals surface area contributed by atoms with Crippen molar-refractivity contribution in [2.24, 2.45) is 5.41 Å². The smallest absolute Gasteiger partial charge is 0.162 e. The summed E-state index contributed by atoms with van der Waals surface area (Å²) < 4.78 is 0. The predicted molar refractivity (Wildman–Crippen MR) is 88.7 cm³/mol. The number of nitrogens with zero attached hydrogens (tertiary/aromatic N) is 1. The van der Waals surface area contributed by atoms with Crippen LogP contribution in [0, 0.1) is 5.41 Å². The topological polar surface area (TPSA) is 78.0 Å².